The molecular formula is C12H23NO2. The number of hydrogen-bond acceptors (Lipinski definition) is 3. The van der Waals surface area contributed by atoms with Crippen molar-refractivity contribution in [2.75, 3.05) is 26.7 Å². The fourth-order valence-electron chi connectivity index (χ4n) is 2.05. The second kappa shape index (κ2) is 5.61. The van der Waals surface area contributed by atoms with Crippen LogP contribution in [0.1, 0.15) is 33.1 Å². The lowest BCUT2D eigenvalue weighted by atomic mass is 9.88. The third-order valence-electron chi connectivity index (χ3n) is 3.54. The van der Waals surface area contributed by atoms with Crippen LogP contribution in [0.4, 0.5) is 0 Å². The summed E-state index contributed by atoms with van der Waals surface area (Å²) in [5.74, 6) is 0. The van der Waals surface area contributed by atoms with Crippen molar-refractivity contribution in [3.63, 3.8) is 0 Å². The molecule has 0 N–H and O–H groups in total. The van der Waals surface area contributed by atoms with Crippen LogP contribution in [-0.4, -0.2) is 44.0 Å². The molecule has 1 heterocycles. The van der Waals surface area contributed by atoms with Gasteiger partial charge >= 0.3 is 0 Å². The van der Waals surface area contributed by atoms with Crippen molar-refractivity contribution in [2.24, 2.45) is 5.41 Å². The predicted octanol–water partition coefficient (Wildman–Crippen LogP) is 1.71. The standard InChI is InChI=1S/C12H23NO2/c1-4-12(2,10-14)9-13-7-5-11(15-3)6-8-13/h10-11H,4-9H2,1-3H3. The summed E-state index contributed by atoms with van der Waals surface area (Å²) in [5, 5.41) is 0. The van der Waals surface area contributed by atoms with Crippen molar-refractivity contribution >= 4 is 6.29 Å². The molecule has 1 rings (SSSR count). The molecule has 0 bridgehead atoms. The first-order valence-corrected chi connectivity index (χ1v) is 5.85. The molecule has 0 aliphatic carbocycles. The van der Waals surface area contributed by atoms with Crippen LogP contribution in [0.15, 0.2) is 0 Å². The van der Waals surface area contributed by atoms with E-state index in [0.29, 0.717) is 6.10 Å². The van der Waals surface area contributed by atoms with Gasteiger partial charge in [0, 0.05) is 32.2 Å². The van der Waals surface area contributed by atoms with Crippen molar-refractivity contribution in [1.29, 1.82) is 0 Å². The van der Waals surface area contributed by atoms with E-state index in [1.165, 1.54) is 0 Å². The van der Waals surface area contributed by atoms with Gasteiger partial charge in [-0.25, -0.2) is 0 Å². The zero-order chi connectivity index (χ0) is 11.3. The summed E-state index contributed by atoms with van der Waals surface area (Å²) in [6.45, 7) is 7.13. The van der Waals surface area contributed by atoms with Crippen LogP contribution in [0.25, 0.3) is 0 Å². The number of methoxy groups -OCH3 is 1. The monoisotopic (exact) mass is 213 g/mol. The molecule has 1 atom stereocenters. The van der Waals surface area contributed by atoms with Gasteiger partial charge in [0.05, 0.1) is 6.10 Å². The average molecular weight is 213 g/mol. The highest BCUT2D eigenvalue weighted by atomic mass is 16.5. The summed E-state index contributed by atoms with van der Waals surface area (Å²) in [6, 6.07) is 0. The number of carbonyl (C=O) groups is 1. The summed E-state index contributed by atoms with van der Waals surface area (Å²) in [7, 11) is 1.78. The van der Waals surface area contributed by atoms with E-state index >= 15 is 0 Å². The number of nitrogens with zero attached hydrogens (tertiary/aromatic N) is 1. The van der Waals surface area contributed by atoms with Crippen molar-refractivity contribution in [3.8, 4) is 0 Å². The van der Waals surface area contributed by atoms with Crippen LogP contribution < -0.4 is 0 Å². The molecule has 1 fully saturated rings. The van der Waals surface area contributed by atoms with Crippen LogP contribution in [0.2, 0.25) is 0 Å². The third-order valence-corrected chi connectivity index (χ3v) is 3.54. The number of hydrogen-bond donors (Lipinski definition) is 0. The first-order chi connectivity index (χ1) is 7.13. The van der Waals surface area contributed by atoms with Crippen LogP contribution in [0.5, 0.6) is 0 Å². The summed E-state index contributed by atoms with van der Waals surface area (Å²) < 4.78 is 5.33. The van der Waals surface area contributed by atoms with E-state index in [-0.39, 0.29) is 5.41 Å². The molecule has 1 aliphatic rings. The number of rotatable bonds is 5. The zero-order valence-corrected chi connectivity index (χ0v) is 10.2. The highest BCUT2D eigenvalue weighted by Gasteiger charge is 2.27. The molecule has 0 aromatic rings. The number of ether oxygens (including phenoxy) is 1. The first kappa shape index (κ1) is 12.7. The minimum Gasteiger partial charge on any atom is -0.381 e. The fourth-order valence-corrected chi connectivity index (χ4v) is 2.05. The van der Waals surface area contributed by atoms with E-state index in [1.807, 2.05) is 6.92 Å². The Hall–Kier alpha value is -0.410. The van der Waals surface area contributed by atoms with Gasteiger partial charge in [-0.3, -0.25) is 0 Å². The van der Waals surface area contributed by atoms with Gasteiger partial charge in [-0.2, -0.15) is 0 Å². The molecule has 0 aromatic heterocycles. The van der Waals surface area contributed by atoms with E-state index < -0.39 is 0 Å². The topological polar surface area (TPSA) is 29.5 Å². The molecule has 15 heavy (non-hydrogen) atoms. The number of likely N-dealkylation sites (tertiary alicyclic amines) is 1. The van der Waals surface area contributed by atoms with Gasteiger partial charge in [0.25, 0.3) is 0 Å². The Labute approximate surface area is 92.8 Å². The van der Waals surface area contributed by atoms with Gasteiger partial charge in [0.15, 0.2) is 0 Å². The molecule has 1 unspecified atom stereocenters. The van der Waals surface area contributed by atoms with Gasteiger partial charge in [-0.05, 0) is 19.3 Å². The maximum Gasteiger partial charge on any atom is 0.127 e. The van der Waals surface area contributed by atoms with Gasteiger partial charge in [-0.1, -0.05) is 13.8 Å². The Kier molecular flexibility index (Phi) is 4.74. The molecule has 0 spiro atoms. The van der Waals surface area contributed by atoms with Crippen LogP contribution in [-0.2, 0) is 9.53 Å². The molecule has 1 saturated heterocycles. The first-order valence-electron chi connectivity index (χ1n) is 5.85. The lowest BCUT2D eigenvalue weighted by Gasteiger charge is -2.35. The molecule has 3 heteroatoms. The second-order valence-corrected chi connectivity index (χ2v) is 4.84. The Bertz CT molecular complexity index is 200. The van der Waals surface area contributed by atoms with Crippen molar-refractivity contribution in [2.45, 2.75) is 39.2 Å². The second-order valence-electron chi connectivity index (χ2n) is 4.84. The highest BCUT2D eigenvalue weighted by Crippen LogP contribution is 2.22. The number of carbonyl (C=O) groups excluding carboxylic acids is 1. The summed E-state index contributed by atoms with van der Waals surface area (Å²) in [4.78, 5) is 13.4. The highest BCUT2D eigenvalue weighted by molar-refractivity contribution is 5.58. The minimum absolute atomic E-state index is 0.167. The lowest BCUT2D eigenvalue weighted by molar-refractivity contribution is -0.117. The van der Waals surface area contributed by atoms with E-state index in [2.05, 4.69) is 11.8 Å². The van der Waals surface area contributed by atoms with E-state index in [9.17, 15) is 4.79 Å². The van der Waals surface area contributed by atoms with Crippen LogP contribution in [0, 0.1) is 5.41 Å². The Morgan fingerprint density at radius 1 is 1.47 bits per heavy atom. The van der Waals surface area contributed by atoms with Gasteiger partial charge in [0.2, 0.25) is 0 Å². The quantitative estimate of drug-likeness (QED) is 0.651. The normalized spacial score (nSPS) is 23.7. The van der Waals surface area contributed by atoms with E-state index in [4.69, 9.17) is 4.74 Å². The molecule has 0 aromatic carbocycles. The van der Waals surface area contributed by atoms with Crippen molar-refractivity contribution < 1.29 is 9.53 Å². The summed E-state index contributed by atoms with van der Waals surface area (Å²) in [5.41, 5.74) is -0.167. The zero-order valence-electron chi connectivity index (χ0n) is 10.2. The minimum atomic E-state index is -0.167. The van der Waals surface area contributed by atoms with Gasteiger partial charge in [0.1, 0.15) is 6.29 Å². The molecule has 88 valence electrons. The van der Waals surface area contributed by atoms with E-state index in [0.717, 1.165) is 45.2 Å². The Balaban J connectivity index is 2.37. The van der Waals surface area contributed by atoms with Crippen molar-refractivity contribution in [3.05, 3.63) is 0 Å². The largest absolute Gasteiger partial charge is 0.381 e. The van der Waals surface area contributed by atoms with Crippen molar-refractivity contribution in [1.82, 2.24) is 4.90 Å². The number of piperidine rings is 1. The summed E-state index contributed by atoms with van der Waals surface area (Å²) >= 11 is 0. The average Bonchev–Trinajstić information content (AvgIpc) is 2.30. The maximum atomic E-state index is 11.0. The maximum absolute atomic E-state index is 11.0. The van der Waals surface area contributed by atoms with E-state index in [1.54, 1.807) is 7.11 Å². The Morgan fingerprint density at radius 2 is 2.07 bits per heavy atom. The molecule has 1 aliphatic heterocycles. The SMILES string of the molecule is CCC(C)(C=O)CN1CCC(OC)CC1. The predicted molar refractivity (Wildman–Crippen MR) is 60.9 cm³/mol. The third kappa shape index (κ3) is 3.58. The number of aldehydes is 1. The lowest BCUT2D eigenvalue weighted by Crippen LogP contribution is -2.43. The summed E-state index contributed by atoms with van der Waals surface area (Å²) in [6.07, 6.45) is 4.63. The molecule has 0 saturated carbocycles. The Morgan fingerprint density at radius 3 is 2.47 bits per heavy atom. The smallest absolute Gasteiger partial charge is 0.127 e. The molecule has 3 nitrogen and oxygen atoms in total. The van der Waals surface area contributed by atoms with Gasteiger partial charge in [-0.15, -0.1) is 0 Å². The molecule has 0 amide bonds. The molecular weight excluding hydrogens is 190 g/mol. The van der Waals surface area contributed by atoms with Crippen LogP contribution in [0.3, 0.4) is 0 Å². The van der Waals surface area contributed by atoms with Crippen LogP contribution >= 0.6 is 0 Å². The fraction of sp³-hybridized carbons (Fsp3) is 0.917. The van der Waals surface area contributed by atoms with Gasteiger partial charge < -0.3 is 14.4 Å². The molecule has 0 radical (unpaired) electrons.